The number of benzene rings is 1. The number of hydrogen-bond donors (Lipinski definition) is 2. The molecule has 8 heteroatoms. The molecule has 0 radical (unpaired) electrons. The second kappa shape index (κ2) is 8.41. The molecule has 26 heavy (non-hydrogen) atoms. The number of aryl methyl sites for hydroxylation is 1. The summed E-state index contributed by atoms with van der Waals surface area (Å²) in [6.45, 7) is 8.31. The van der Waals surface area contributed by atoms with Crippen molar-refractivity contribution in [1.29, 1.82) is 0 Å². The third-order valence-electron chi connectivity index (χ3n) is 3.91. The number of ether oxygens (including phenoxy) is 1. The number of urea groups is 1. The van der Waals surface area contributed by atoms with Crippen LogP contribution < -0.4 is 10.6 Å². The second-order valence-electron chi connectivity index (χ2n) is 7.44. The standard InChI is InChI=1S/C18H25FIN3O3/c1-11-9-13(19)15(14(20)10-11)22-16(24)21-12-5-7-23(8-6-12)17(25)26-18(2,3)4/h9-10,12H,5-8H2,1-4H3,(H2,21,22,24). The lowest BCUT2D eigenvalue weighted by Gasteiger charge is -2.33. The number of halogens is 2. The van der Waals surface area contributed by atoms with Crippen LogP contribution in [0, 0.1) is 16.3 Å². The van der Waals surface area contributed by atoms with Crippen LogP contribution in [0.15, 0.2) is 12.1 Å². The molecule has 1 aliphatic heterocycles. The van der Waals surface area contributed by atoms with E-state index in [-0.39, 0.29) is 17.8 Å². The highest BCUT2D eigenvalue weighted by atomic mass is 127. The summed E-state index contributed by atoms with van der Waals surface area (Å²) in [5.74, 6) is -0.454. The van der Waals surface area contributed by atoms with Gasteiger partial charge in [0, 0.05) is 22.7 Å². The van der Waals surface area contributed by atoms with Crippen LogP contribution in [0.5, 0.6) is 0 Å². The molecule has 0 aromatic heterocycles. The van der Waals surface area contributed by atoms with Crippen molar-refractivity contribution in [2.75, 3.05) is 18.4 Å². The molecule has 0 saturated carbocycles. The van der Waals surface area contributed by atoms with Gasteiger partial charge in [-0.15, -0.1) is 0 Å². The van der Waals surface area contributed by atoms with Gasteiger partial charge in [-0.3, -0.25) is 0 Å². The van der Waals surface area contributed by atoms with Crippen LogP contribution in [0.1, 0.15) is 39.2 Å². The molecule has 0 spiro atoms. The van der Waals surface area contributed by atoms with E-state index in [1.54, 1.807) is 17.9 Å². The van der Waals surface area contributed by atoms with E-state index >= 15 is 0 Å². The Hall–Kier alpha value is -1.58. The van der Waals surface area contributed by atoms with Crippen LogP contribution >= 0.6 is 22.6 Å². The van der Waals surface area contributed by atoms with Gasteiger partial charge in [0.25, 0.3) is 0 Å². The lowest BCUT2D eigenvalue weighted by molar-refractivity contribution is 0.0202. The summed E-state index contributed by atoms with van der Waals surface area (Å²) < 4.78 is 20.0. The van der Waals surface area contributed by atoms with Crippen molar-refractivity contribution in [1.82, 2.24) is 10.2 Å². The minimum atomic E-state index is -0.526. The first kappa shape index (κ1) is 20.7. The van der Waals surface area contributed by atoms with Crippen LogP contribution in [0.3, 0.4) is 0 Å². The Labute approximate surface area is 167 Å². The number of rotatable bonds is 2. The molecule has 0 unspecified atom stereocenters. The van der Waals surface area contributed by atoms with E-state index < -0.39 is 17.4 Å². The Morgan fingerprint density at radius 2 is 1.88 bits per heavy atom. The SMILES string of the molecule is Cc1cc(F)c(NC(=O)NC2CCN(C(=O)OC(C)(C)C)CC2)c(I)c1. The van der Waals surface area contributed by atoms with E-state index in [0.29, 0.717) is 29.5 Å². The molecule has 1 fully saturated rings. The summed E-state index contributed by atoms with van der Waals surface area (Å²) in [5.41, 5.74) is 0.452. The first-order valence-corrected chi connectivity index (χ1v) is 9.64. The van der Waals surface area contributed by atoms with Gasteiger partial charge in [-0.25, -0.2) is 14.0 Å². The van der Waals surface area contributed by atoms with Crippen molar-refractivity contribution in [2.45, 2.75) is 52.2 Å². The van der Waals surface area contributed by atoms with Crippen molar-refractivity contribution < 1.29 is 18.7 Å². The van der Waals surface area contributed by atoms with Crippen LogP contribution in [0.25, 0.3) is 0 Å². The van der Waals surface area contributed by atoms with Crippen molar-refractivity contribution in [2.24, 2.45) is 0 Å². The maximum absolute atomic E-state index is 14.0. The predicted molar refractivity (Wildman–Crippen MR) is 107 cm³/mol. The second-order valence-corrected chi connectivity index (χ2v) is 8.61. The number of hydrogen-bond acceptors (Lipinski definition) is 3. The van der Waals surface area contributed by atoms with Gasteiger partial charge in [-0.1, -0.05) is 0 Å². The van der Waals surface area contributed by atoms with Crippen molar-refractivity contribution in [3.63, 3.8) is 0 Å². The van der Waals surface area contributed by atoms with E-state index in [1.807, 2.05) is 43.4 Å². The Balaban J connectivity index is 1.84. The quantitative estimate of drug-likeness (QED) is 0.626. The normalized spacial score (nSPS) is 15.5. The topological polar surface area (TPSA) is 70.7 Å². The zero-order valence-electron chi connectivity index (χ0n) is 15.5. The highest BCUT2D eigenvalue weighted by molar-refractivity contribution is 14.1. The van der Waals surface area contributed by atoms with Crippen molar-refractivity contribution >= 4 is 40.4 Å². The summed E-state index contributed by atoms with van der Waals surface area (Å²) in [5, 5.41) is 5.43. The van der Waals surface area contributed by atoms with E-state index in [0.717, 1.165) is 5.56 Å². The highest BCUT2D eigenvalue weighted by Gasteiger charge is 2.27. The van der Waals surface area contributed by atoms with Gasteiger partial charge in [0.15, 0.2) is 0 Å². The predicted octanol–water partition coefficient (Wildman–Crippen LogP) is 4.26. The average Bonchev–Trinajstić information content (AvgIpc) is 2.50. The van der Waals surface area contributed by atoms with Gasteiger partial charge in [-0.2, -0.15) is 0 Å². The highest BCUT2D eigenvalue weighted by Crippen LogP contribution is 2.24. The Kier molecular flexibility index (Phi) is 6.70. The molecule has 2 rings (SSSR count). The Morgan fingerprint density at radius 3 is 2.42 bits per heavy atom. The fraction of sp³-hybridized carbons (Fsp3) is 0.556. The lowest BCUT2D eigenvalue weighted by Crippen LogP contribution is -2.48. The maximum Gasteiger partial charge on any atom is 0.410 e. The number of nitrogens with zero attached hydrogens (tertiary/aromatic N) is 1. The molecule has 1 aromatic rings. The third-order valence-corrected chi connectivity index (χ3v) is 4.76. The van der Waals surface area contributed by atoms with E-state index in [9.17, 15) is 14.0 Å². The number of carbonyl (C=O) groups is 2. The van der Waals surface area contributed by atoms with Crippen LogP contribution in [-0.2, 0) is 4.74 Å². The minimum absolute atomic E-state index is 0.0696. The molecule has 1 aliphatic rings. The lowest BCUT2D eigenvalue weighted by atomic mass is 10.1. The zero-order chi connectivity index (χ0) is 19.5. The summed E-state index contributed by atoms with van der Waals surface area (Å²) in [7, 11) is 0. The first-order valence-electron chi connectivity index (χ1n) is 8.56. The molecule has 0 bridgehead atoms. The molecular weight excluding hydrogens is 452 g/mol. The fourth-order valence-corrected chi connectivity index (χ4v) is 3.57. The number of piperidine rings is 1. The van der Waals surface area contributed by atoms with Gasteiger partial charge in [-0.05, 0) is 80.8 Å². The van der Waals surface area contributed by atoms with E-state index in [4.69, 9.17) is 4.74 Å². The molecular formula is C18H25FIN3O3. The largest absolute Gasteiger partial charge is 0.444 e. The van der Waals surface area contributed by atoms with Gasteiger partial charge in [0.1, 0.15) is 11.4 Å². The molecule has 1 aromatic carbocycles. The molecule has 0 aliphatic carbocycles. The molecule has 1 saturated heterocycles. The molecule has 2 N–H and O–H groups in total. The average molecular weight is 477 g/mol. The summed E-state index contributed by atoms with van der Waals surface area (Å²) >= 11 is 2.00. The number of likely N-dealkylation sites (tertiary alicyclic amines) is 1. The molecule has 6 nitrogen and oxygen atoms in total. The minimum Gasteiger partial charge on any atom is -0.444 e. The van der Waals surface area contributed by atoms with Crippen LogP contribution in [0.2, 0.25) is 0 Å². The van der Waals surface area contributed by atoms with Crippen molar-refractivity contribution in [3.05, 3.63) is 27.1 Å². The number of nitrogens with one attached hydrogen (secondary N) is 2. The van der Waals surface area contributed by atoms with Gasteiger partial charge < -0.3 is 20.3 Å². The number of amides is 3. The molecule has 144 valence electrons. The van der Waals surface area contributed by atoms with E-state index in [1.165, 1.54) is 6.07 Å². The van der Waals surface area contributed by atoms with E-state index in [2.05, 4.69) is 10.6 Å². The molecule has 1 heterocycles. The van der Waals surface area contributed by atoms with Crippen molar-refractivity contribution in [3.8, 4) is 0 Å². The number of anilines is 1. The monoisotopic (exact) mass is 477 g/mol. The van der Waals surface area contributed by atoms with Gasteiger partial charge in [0.2, 0.25) is 0 Å². The van der Waals surface area contributed by atoms with Gasteiger partial charge >= 0.3 is 12.1 Å². The Morgan fingerprint density at radius 1 is 1.27 bits per heavy atom. The third kappa shape index (κ3) is 6.00. The Bertz CT molecular complexity index is 660. The molecule has 0 atom stereocenters. The summed E-state index contributed by atoms with van der Waals surface area (Å²) in [6.07, 6.45) is 0.914. The maximum atomic E-state index is 14.0. The molecule has 3 amide bonds. The number of carbonyl (C=O) groups excluding carboxylic acids is 2. The first-order chi connectivity index (χ1) is 12.0. The smallest absolute Gasteiger partial charge is 0.410 e. The summed E-state index contributed by atoms with van der Waals surface area (Å²) in [6, 6.07) is 2.68. The summed E-state index contributed by atoms with van der Waals surface area (Å²) in [4.78, 5) is 25.9. The zero-order valence-corrected chi connectivity index (χ0v) is 17.6. The van der Waals surface area contributed by atoms with Gasteiger partial charge in [0.05, 0.1) is 5.69 Å². The van der Waals surface area contributed by atoms with Crippen LogP contribution in [0.4, 0.5) is 19.7 Å². The fourth-order valence-electron chi connectivity index (χ4n) is 2.69. The van der Waals surface area contributed by atoms with Crippen LogP contribution in [-0.4, -0.2) is 41.8 Å².